The zero-order chi connectivity index (χ0) is 8.36. The minimum absolute atomic E-state index is 0.480. The molecule has 0 heterocycles. The van der Waals surface area contributed by atoms with Gasteiger partial charge >= 0.3 is 0 Å². The Morgan fingerprint density at radius 3 is 2.64 bits per heavy atom. The van der Waals surface area contributed by atoms with Crippen molar-refractivity contribution >= 4 is 0 Å². The summed E-state index contributed by atoms with van der Waals surface area (Å²) in [5.41, 5.74) is 0. The lowest BCUT2D eigenvalue weighted by molar-refractivity contribution is 0.602. The van der Waals surface area contributed by atoms with E-state index in [0.717, 1.165) is 32.4 Å². The van der Waals surface area contributed by atoms with Crippen LogP contribution in [0.5, 0.6) is 0 Å². The summed E-state index contributed by atoms with van der Waals surface area (Å²) >= 11 is 0. The Morgan fingerprint density at radius 2 is 2.00 bits per heavy atom. The van der Waals surface area contributed by atoms with E-state index >= 15 is 0 Å². The summed E-state index contributed by atoms with van der Waals surface area (Å²) in [7, 11) is 0. The Balaban J connectivity index is 2.74. The lowest BCUT2D eigenvalue weighted by Crippen LogP contribution is -2.15. The third kappa shape index (κ3) is 9.56. The lowest BCUT2D eigenvalue weighted by Gasteiger charge is -2.00. The van der Waals surface area contributed by atoms with E-state index in [2.05, 4.69) is 17.4 Å². The highest BCUT2D eigenvalue weighted by Gasteiger charge is 1.88. The molecule has 3 heteroatoms. The average Bonchev–Trinajstić information content (AvgIpc) is 2.03. The van der Waals surface area contributed by atoms with Gasteiger partial charge in [-0.15, -0.1) is 0 Å². The quantitative estimate of drug-likeness (QED) is 0.433. The summed E-state index contributed by atoms with van der Waals surface area (Å²) in [5, 5.41) is 6.10. The van der Waals surface area contributed by atoms with Crippen molar-refractivity contribution in [2.45, 2.75) is 32.6 Å². The SMILES string of the molecule is CCCNCCCCCN=O. The van der Waals surface area contributed by atoms with Crippen molar-refractivity contribution < 1.29 is 0 Å². The fourth-order valence-electron chi connectivity index (χ4n) is 0.905. The molecule has 0 rings (SSSR count). The van der Waals surface area contributed by atoms with Crippen LogP contribution in [-0.4, -0.2) is 19.6 Å². The smallest absolute Gasteiger partial charge is 0.0811 e. The van der Waals surface area contributed by atoms with Crippen LogP contribution >= 0.6 is 0 Å². The van der Waals surface area contributed by atoms with Crippen LogP contribution in [0.15, 0.2) is 5.18 Å². The molecule has 0 aliphatic carbocycles. The Kier molecular flexibility index (Phi) is 9.18. The van der Waals surface area contributed by atoms with Gasteiger partial charge in [-0.3, -0.25) is 0 Å². The molecule has 0 radical (unpaired) electrons. The fraction of sp³-hybridized carbons (Fsp3) is 1.00. The van der Waals surface area contributed by atoms with Crippen LogP contribution in [0.25, 0.3) is 0 Å². The summed E-state index contributed by atoms with van der Waals surface area (Å²) in [6.45, 7) is 4.82. The first-order valence-corrected chi connectivity index (χ1v) is 4.41. The Bertz CT molecular complexity index is 86.2. The molecule has 3 nitrogen and oxygen atoms in total. The standard InChI is InChI=1S/C8H18N2O/c1-2-6-9-7-4-3-5-8-10-11/h9H,2-8H2,1H3. The lowest BCUT2D eigenvalue weighted by atomic mass is 10.2. The number of nitroso groups, excluding NO2 is 1. The number of hydrogen-bond donors (Lipinski definition) is 1. The van der Waals surface area contributed by atoms with Crippen molar-refractivity contribution in [2.75, 3.05) is 19.6 Å². The highest BCUT2D eigenvalue weighted by molar-refractivity contribution is 4.49. The van der Waals surface area contributed by atoms with E-state index in [1.165, 1.54) is 6.42 Å². The zero-order valence-electron chi connectivity index (χ0n) is 7.31. The van der Waals surface area contributed by atoms with Crippen molar-refractivity contribution in [1.82, 2.24) is 5.32 Å². The zero-order valence-corrected chi connectivity index (χ0v) is 7.31. The van der Waals surface area contributed by atoms with Crippen LogP contribution in [0.2, 0.25) is 0 Å². The van der Waals surface area contributed by atoms with Gasteiger partial charge in [-0.1, -0.05) is 18.5 Å². The molecule has 0 aliphatic heterocycles. The molecule has 0 spiro atoms. The van der Waals surface area contributed by atoms with Crippen molar-refractivity contribution in [1.29, 1.82) is 0 Å². The number of nitrogens with one attached hydrogen (secondary N) is 1. The van der Waals surface area contributed by atoms with Gasteiger partial charge in [0.15, 0.2) is 0 Å². The largest absolute Gasteiger partial charge is 0.317 e. The molecule has 66 valence electrons. The Morgan fingerprint density at radius 1 is 1.18 bits per heavy atom. The molecule has 0 fully saturated rings. The summed E-state index contributed by atoms with van der Waals surface area (Å²) in [4.78, 5) is 9.67. The van der Waals surface area contributed by atoms with Gasteiger partial charge in [0.2, 0.25) is 0 Å². The highest BCUT2D eigenvalue weighted by Crippen LogP contribution is 1.93. The van der Waals surface area contributed by atoms with E-state index in [4.69, 9.17) is 0 Å². The molecular formula is C8H18N2O. The summed E-state index contributed by atoms with van der Waals surface area (Å²) in [5.74, 6) is 0. The fourth-order valence-corrected chi connectivity index (χ4v) is 0.905. The van der Waals surface area contributed by atoms with Crippen LogP contribution in [-0.2, 0) is 0 Å². The maximum atomic E-state index is 9.67. The van der Waals surface area contributed by atoms with Crippen LogP contribution in [0, 0.1) is 4.91 Å². The minimum Gasteiger partial charge on any atom is -0.317 e. The molecule has 1 N–H and O–H groups in total. The molecule has 0 unspecified atom stereocenters. The van der Waals surface area contributed by atoms with Crippen LogP contribution in [0.1, 0.15) is 32.6 Å². The molecule has 0 aromatic heterocycles. The van der Waals surface area contributed by atoms with E-state index in [1.807, 2.05) is 0 Å². The minimum atomic E-state index is 0.480. The maximum Gasteiger partial charge on any atom is 0.0811 e. The first kappa shape index (κ1) is 10.6. The topological polar surface area (TPSA) is 41.5 Å². The van der Waals surface area contributed by atoms with Crippen molar-refractivity contribution in [2.24, 2.45) is 5.18 Å². The van der Waals surface area contributed by atoms with Gasteiger partial charge in [0.05, 0.1) is 6.54 Å². The van der Waals surface area contributed by atoms with E-state index in [1.54, 1.807) is 0 Å². The van der Waals surface area contributed by atoms with Gasteiger partial charge in [-0.25, -0.2) is 0 Å². The molecule has 0 amide bonds. The van der Waals surface area contributed by atoms with E-state index in [9.17, 15) is 4.91 Å². The first-order chi connectivity index (χ1) is 5.41. The van der Waals surface area contributed by atoms with Gasteiger partial charge in [0, 0.05) is 0 Å². The molecule has 0 aromatic carbocycles. The van der Waals surface area contributed by atoms with Crippen LogP contribution < -0.4 is 5.32 Å². The number of hydrogen-bond acceptors (Lipinski definition) is 3. The highest BCUT2D eigenvalue weighted by atomic mass is 16.3. The van der Waals surface area contributed by atoms with Crippen LogP contribution in [0.4, 0.5) is 0 Å². The number of rotatable bonds is 8. The summed E-state index contributed by atoms with van der Waals surface area (Å²) in [6.07, 6.45) is 4.41. The molecule has 0 atom stereocenters. The molecule has 0 aliphatic rings. The molecule has 11 heavy (non-hydrogen) atoms. The third-order valence-electron chi connectivity index (χ3n) is 1.53. The molecule has 0 aromatic rings. The van der Waals surface area contributed by atoms with E-state index in [-0.39, 0.29) is 0 Å². The van der Waals surface area contributed by atoms with E-state index in [0.29, 0.717) is 6.54 Å². The second-order valence-corrected chi connectivity index (χ2v) is 2.66. The van der Waals surface area contributed by atoms with Gasteiger partial charge in [0.1, 0.15) is 0 Å². The average molecular weight is 158 g/mol. The predicted octanol–water partition coefficient (Wildman–Crippen LogP) is 1.92. The second-order valence-electron chi connectivity index (χ2n) is 2.66. The summed E-state index contributed by atoms with van der Waals surface area (Å²) in [6, 6.07) is 0. The van der Waals surface area contributed by atoms with E-state index < -0.39 is 0 Å². The summed E-state index contributed by atoms with van der Waals surface area (Å²) < 4.78 is 0. The maximum absolute atomic E-state index is 9.67. The first-order valence-electron chi connectivity index (χ1n) is 4.41. The van der Waals surface area contributed by atoms with Gasteiger partial charge in [-0.05, 0) is 32.4 Å². The number of nitrogens with zero attached hydrogens (tertiary/aromatic N) is 1. The van der Waals surface area contributed by atoms with Gasteiger partial charge < -0.3 is 5.32 Å². The molecule has 0 saturated heterocycles. The third-order valence-corrected chi connectivity index (χ3v) is 1.53. The van der Waals surface area contributed by atoms with Gasteiger partial charge in [-0.2, -0.15) is 4.91 Å². The second kappa shape index (κ2) is 9.56. The van der Waals surface area contributed by atoms with Gasteiger partial charge in [0.25, 0.3) is 0 Å². The molecular weight excluding hydrogens is 140 g/mol. The number of unbranched alkanes of at least 4 members (excludes halogenated alkanes) is 2. The van der Waals surface area contributed by atoms with Crippen molar-refractivity contribution in [3.63, 3.8) is 0 Å². The predicted molar refractivity (Wildman–Crippen MR) is 47.7 cm³/mol. The normalized spacial score (nSPS) is 9.91. The van der Waals surface area contributed by atoms with Crippen LogP contribution in [0.3, 0.4) is 0 Å². The molecule has 0 saturated carbocycles. The van der Waals surface area contributed by atoms with Crippen molar-refractivity contribution in [3.05, 3.63) is 4.91 Å². The monoisotopic (exact) mass is 158 g/mol. The van der Waals surface area contributed by atoms with Crippen molar-refractivity contribution in [3.8, 4) is 0 Å². The molecule has 0 bridgehead atoms. The Hall–Kier alpha value is -0.440. The Labute approximate surface area is 68.5 Å².